The van der Waals surface area contributed by atoms with Crippen LogP contribution in [0.2, 0.25) is 0 Å². The number of hydrogen-bond donors (Lipinski definition) is 3. The number of hydrogen-bond acceptors (Lipinski definition) is 3. The topological polar surface area (TPSA) is 66.7 Å². The largest absolute Gasteiger partial charge is 0.354 e. The molecule has 0 radical (unpaired) electrons. The summed E-state index contributed by atoms with van der Waals surface area (Å²) in [5, 5.41) is 3.24. The van der Waals surface area contributed by atoms with Gasteiger partial charge in [0.2, 0.25) is 5.95 Å². The quantitative estimate of drug-likeness (QED) is 0.668. The van der Waals surface area contributed by atoms with E-state index in [0.29, 0.717) is 6.54 Å². The summed E-state index contributed by atoms with van der Waals surface area (Å²) in [6.45, 7) is 0.643. The van der Waals surface area contributed by atoms with E-state index in [2.05, 4.69) is 15.3 Å². The molecule has 0 fully saturated rings. The van der Waals surface area contributed by atoms with Gasteiger partial charge in [0.25, 0.3) is 0 Å². The van der Waals surface area contributed by atoms with Crippen molar-refractivity contribution in [2.45, 2.75) is 6.04 Å². The van der Waals surface area contributed by atoms with E-state index >= 15 is 0 Å². The van der Waals surface area contributed by atoms with Crippen molar-refractivity contribution in [1.82, 2.24) is 9.97 Å². The Labute approximate surface area is 111 Å². The first-order valence-electron chi connectivity index (χ1n) is 6.32. The zero-order chi connectivity index (χ0) is 13.1. The number of anilines is 1. The summed E-state index contributed by atoms with van der Waals surface area (Å²) in [4.78, 5) is 7.68. The van der Waals surface area contributed by atoms with E-state index in [1.807, 2.05) is 54.6 Å². The maximum absolute atomic E-state index is 6.13. The van der Waals surface area contributed by atoms with Crippen LogP contribution in [0.15, 0.2) is 54.6 Å². The van der Waals surface area contributed by atoms with Gasteiger partial charge < -0.3 is 16.0 Å². The van der Waals surface area contributed by atoms with Crippen molar-refractivity contribution in [1.29, 1.82) is 0 Å². The number of aromatic nitrogens is 2. The number of rotatable bonds is 4. The molecule has 19 heavy (non-hydrogen) atoms. The van der Waals surface area contributed by atoms with Crippen molar-refractivity contribution in [2.75, 3.05) is 11.9 Å². The summed E-state index contributed by atoms with van der Waals surface area (Å²) >= 11 is 0. The van der Waals surface area contributed by atoms with Gasteiger partial charge in [0.15, 0.2) is 0 Å². The van der Waals surface area contributed by atoms with E-state index in [-0.39, 0.29) is 6.04 Å². The molecule has 0 bridgehead atoms. The van der Waals surface area contributed by atoms with Gasteiger partial charge in [-0.15, -0.1) is 0 Å². The van der Waals surface area contributed by atoms with E-state index in [0.717, 1.165) is 22.5 Å². The highest BCUT2D eigenvalue weighted by Crippen LogP contribution is 2.15. The first-order valence-corrected chi connectivity index (χ1v) is 6.32. The average molecular weight is 252 g/mol. The molecular formula is C15H16N4. The summed E-state index contributed by atoms with van der Waals surface area (Å²) in [6, 6.07) is 17.9. The summed E-state index contributed by atoms with van der Waals surface area (Å²) in [5.74, 6) is 0.757. The molecule has 4 N–H and O–H groups in total. The number of imidazole rings is 1. The molecule has 4 nitrogen and oxygen atoms in total. The smallest absolute Gasteiger partial charge is 0.201 e. The van der Waals surface area contributed by atoms with Crippen LogP contribution in [0.4, 0.5) is 5.95 Å². The number of nitrogens with one attached hydrogen (secondary N) is 2. The molecule has 1 atom stereocenters. The van der Waals surface area contributed by atoms with Crippen LogP contribution >= 0.6 is 0 Å². The predicted molar refractivity (Wildman–Crippen MR) is 78.0 cm³/mol. The molecular weight excluding hydrogens is 236 g/mol. The first-order chi connectivity index (χ1) is 9.33. The Hall–Kier alpha value is -2.33. The molecule has 0 amide bonds. The highest BCUT2D eigenvalue weighted by atomic mass is 15.1. The van der Waals surface area contributed by atoms with Gasteiger partial charge in [0.1, 0.15) is 0 Å². The number of fused-ring (bicyclic) bond motifs is 1. The molecule has 2 aromatic carbocycles. The minimum absolute atomic E-state index is 0.0468. The zero-order valence-corrected chi connectivity index (χ0v) is 10.5. The van der Waals surface area contributed by atoms with Crippen molar-refractivity contribution in [3.8, 4) is 0 Å². The summed E-state index contributed by atoms with van der Waals surface area (Å²) in [6.07, 6.45) is 0. The van der Waals surface area contributed by atoms with Crippen LogP contribution in [0.1, 0.15) is 11.6 Å². The highest BCUT2D eigenvalue weighted by molar-refractivity contribution is 5.77. The maximum atomic E-state index is 6.13. The van der Waals surface area contributed by atoms with Crippen molar-refractivity contribution in [3.05, 3.63) is 60.2 Å². The number of H-pyrrole nitrogens is 1. The third kappa shape index (κ3) is 2.58. The lowest BCUT2D eigenvalue weighted by Crippen LogP contribution is -2.20. The summed E-state index contributed by atoms with van der Waals surface area (Å²) in [7, 11) is 0. The van der Waals surface area contributed by atoms with Crippen LogP contribution in [-0.2, 0) is 0 Å². The van der Waals surface area contributed by atoms with Gasteiger partial charge in [-0.1, -0.05) is 42.5 Å². The molecule has 3 aromatic rings. The molecule has 3 rings (SSSR count). The fourth-order valence-corrected chi connectivity index (χ4v) is 2.06. The Morgan fingerprint density at radius 2 is 1.79 bits per heavy atom. The van der Waals surface area contributed by atoms with Crippen molar-refractivity contribution < 1.29 is 0 Å². The monoisotopic (exact) mass is 252 g/mol. The molecule has 0 saturated carbocycles. The third-order valence-electron chi connectivity index (χ3n) is 3.11. The SMILES string of the molecule is NC(CNc1nc2ccccc2[nH]1)c1ccccc1. The van der Waals surface area contributed by atoms with Gasteiger partial charge in [-0.25, -0.2) is 4.98 Å². The van der Waals surface area contributed by atoms with Gasteiger partial charge in [0, 0.05) is 12.6 Å². The summed E-state index contributed by atoms with van der Waals surface area (Å²) < 4.78 is 0. The van der Waals surface area contributed by atoms with Gasteiger partial charge in [-0.2, -0.15) is 0 Å². The lowest BCUT2D eigenvalue weighted by molar-refractivity contribution is 0.760. The molecule has 0 saturated heterocycles. The Kier molecular flexibility index (Phi) is 3.16. The van der Waals surface area contributed by atoms with Gasteiger partial charge >= 0.3 is 0 Å². The third-order valence-corrected chi connectivity index (χ3v) is 3.11. The Balaban J connectivity index is 1.69. The standard InChI is InChI=1S/C15H16N4/c16-12(11-6-2-1-3-7-11)10-17-15-18-13-8-4-5-9-14(13)19-15/h1-9,12H,10,16H2,(H2,17,18,19). The van der Waals surface area contributed by atoms with Gasteiger partial charge in [-0.05, 0) is 17.7 Å². The number of aromatic amines is 1. The van der Waals surface area contributed by atoms with E-state index in [1.54, 1.807) is 0 Å². The van der Waals surface area contributed by atoms with E-state index < -0.39 is 0 Å². The number of benzene rings is 2. The Bertz CT molecular complexity index is 627. The van der Waals surface area contributed by atoms with Crippen molar-refractivity contribution >= 4 is 17.0 Å². The Morgan fingerprint density at radius 1 is 1.05 bits per heavy atom. The fraction of sp³-hybridized carbons (Fsp3) is 0.133. The molecule has 4 heteroatoms. The second kappa shape index (κ2) is 5.12. The number of nitrogens with two attached hydrogens (primary N) is 1. The lowest BCUT2D eigenvalue weighted by Gasteiger charge is -2.12. The maximum Gasteiger partial charge on any atom is 0.201 e. The van der Waals surface area contributed by atoms with Gasteiger partial charge in [0.05, 0.1) is 11.0 Å². The molecule has 0 aliphatic heterocycles. The van der Waals surface area contributed by atoms with Crippen molar-refractivity contribution in [2.24, 2.45) is 5.73 Å². The van der Waals surface area contributed by atoms with Crippen LogP contribution in [0.5, 0.6) is 0 Å². The summed E-state index contributed by atoms with van der Waals surface area (Å²) in [5.41, 5.74) is 9.23. The zero-order valence-electron chi connectivity index (χ0n) is 10.5. The average Bonchev–Trinajstić information content (AvgIpc) is 2.88. The van der Waals surface area contributed by atoms with E-state index in [9.17, 15) is 0 Å². The van der Waals surface area contributed by atoms with Crippen LogP contribution in [0.3, 0.4) is 0 Å². The van der Waals surface area contributed by atoms with Crippen LogP contribution in [0.25, 0.3) is 11.0 Å². The molecule has 96 valence electrons. The van der Waals surface area contributed by atoms with E-state index in [4.69, 9.17) is 5.73 Å². The molecule has 1 aromatic heterocycles. The van der Waals surface area contributed by atoms with Crippen molar-refractivity contribution in [3.63, 3.8) is 0 Å². The number of para-hydroxylation sites is 2. The molecule has 1 heterocycles. The minimum Gasteiger partial charge on any atom is -0.354 e. The Morgan fingerprint density at radius 3 is 2.58 bits per heavy atom. The minimum atomic E-state index is -0.0468. The van der Waals surface area contributed by atoms with Crippen LogP contribution in [-0.4, -0.2) is 16.5 Å². The van der Waals surface area contributed by atoms with Crippen LogP contribution < -0.4 is 11.1 Å². The highest BCUT2D eigenvalue weighted by Gasteiger charge is 2.06. The molecule has 0 aliphatic rings. The second-order valence-corrected chi connectivity index (χ2v) is 4.50. The molecule has 0 spiro atoms. The number of nitrogens with zero attached hydrogens (tertiary/aromatic N) is 1. The fourth-order valence-electron chi connectivity index (χ4n) is 2.06. The molecule has 1 unspecified atom stereocenters. The first kappa shape index (κ1) is 11.7. The molecule has 0 aliphatic carbocycles. The van der Waals surface area contributed by atoms with Gasteiger partial charge in [-0.3, -0.25) is 0 Å². The normalized spacial score (nSPS) is 12.5. The lowest BCUT2D eigenvalue weighted by atomic mass is 10.1. The predicted octanol–water partition coefficient (Wildman–Crippen LogP) is 2.67. The second-order valence-electron chi connectivity index (χ2n) is 4.50. The van der Waals surface area contributed by atoms with E-state index in [1.165, 1.54) is 0 Å². The van der Waals surface area contributed by atoms with Crippen LogP contribution in [0, 0.1) is 0 Å².